The normalized spacial score (nSPS) is 14.0. The van der Waals surface area contributed by atoms with Crippen LogP contribution in [0.15, 0.2) is 65.1 Å². The molecule has 1 N–H and O–H groups in total. The summed E-state index contributed by atoms with van der Waals surface area (Å²) in [6.07, 6.45) is 3.49. The predicted molar refractivity (Wildman–Crippen MR) is 132 cm³/mol. The molecule has 176 valence electrons. The fraction of sp³-hybridized carbons (Fsp3) is 0.231. The third kappa shape index (κ3) is 5.66. The molecule has 34 heavy (non-hydrogen) atoms. The third-order valence-electron chi connectivity index (χ3n) is 5.66. The predicted octanol–water partition coefficient (Wildman–Crippen LogP) is 5.45. The number of hydrogen-bond acceptors (Lipinski definition) is 4. The second-order valence-electron chi connectivity index (χ2n) is 7.92. The zero-order chi connectivity index (χ0) is 24.1. The lowest BCUT2D eigenvalue weighted by Gasteiger charge is -2.36. The molecular formula is C26H25ClFN3O3. The van der Waals surface area contributed by atoms with Gasteiger partial charge in [-0.05, 0) is 60.7 Å². The molecule has 0 unspecified atom stereocenters. The molecule has 0 spiro atoms. The summed E-state index contributed by atoms with van der Waals surface area (Å²) in [6, 6.07) is 15.4. The molecule has 1 aliphatic rings. The van der Waals surface area contributed by atoms with Gasteiger partial charge in [-0.25, -0.2) is 4.39 Å². The largest absolute Gasteiger partial charge is 0.457 e. The minimum absolute atomic E-state index is 0.0187. The fourth-order valence-electron chi connectivity index (χ4n) is 3.78. The van der Waals surface area contributed by atoms with Crippen LogP contribution in [0.5, 0.6) is 0 Å². The van der Waals surface area contributed by atoms with E-state index in [0.29, 0.717) is 29.2 Å². The summed E-state index contributed by atoms with van der Waals surface area (Å²) in [5.74, 6) is 0.422. The lowest BCUT2D eigenvalue weighted by atomic mass is 10.2. The average molecular weight is 482 g/mol. The third-order valence-corrected chi connectivity index (χ3v) is 5.95. The lowest BCUT2D eigenvalue weighted by Crippen LogP contribution is -2.48. The monoisotopic (exact) mass is 481 g/mol. The van der Waals surface area contributed by atoms with Crippen molar-refractivity contribution >= 4 is 40.9 Å². The summed E-state index contributed by atoms with van der Waals surface area (Å²) in [7, 11) is 0. The van der Waals surface area contributed by atoms with Crippen molar-refractivity contribution in [2.75, 3.05) is 36.4 Å². The number of piperazine rings is 1. The highest BCUT2D eigenvalue weighted by Crippen LogP contribution is 2.27. The van der Waals surface area contributed by atoms with Gasteiger partial charge in [0.15, 0.2) is 0 Å². The first-order chi connectivity index (χ1) is 16.4. The number of carbonyl (C=O) groups excluding carboxylic acids is 2. The number of hydrogen-bond donors (Lipinski definition) is 1. The van der Waals surface area contributed by atoms with Crippen LogP contribution in [0.25, 0.3) is 17.4 Å². The van der Waals surface area contributed by atoms with Crippen LogP contribution in [0.1, 0.15) is 19.1 Å². The van der Waals surface area contributed by atoms with Crippen LogP contribution in [0, 0.1) is 5.82 Å². The van der Waals surface area contributed by atoms with Crippen molar-refractivity contribution in [3.8, 4) is 11.3 Å². The molecule has 1 aliphatic heterocycles. The Kier molecular flexibility index (Phi) is 7.33. The Morgan fingerprint density at radius 1 is 1.06 bits per heavy atom. The molecule has 0 bridgehead atoms. The number of anilines is 2. The van der Waals surface area contributed by atoms with Crippen LogP contribution in [-0.4, -0.2) is 42.9 Å². The molecule has 1 aromatic heterocycles. The second-order valence-corrected chi connectivity index (χ2v) is 8.33. The molecule has 0 aliphatic carbocycles. The number of carbonyl (C=O) groups is 2. The summed E-state index contributed by atoms with van der Waals surface area (Å²) >= 11 is 5.83. The molecular weight excluding hydrogens is 457 g/mol. The van der Waals surface area contributed by atoms with Crippen molar-refractivity contribution in [2.45, 2.75) is 13.3 Å². The number of halogens is 2. The van der Waals surface area contributed by atoms with Gasteiger partial charge in [0.25, 0.3) is 0 Å². The average Bonchev–Trinajstić information content (AvgIpc) is 3.34. The molecule has 1 fully saturated rings. The number of nitrogens with one attached hydrogen (secondary N) is 1. The summed E-state index contributed by atoms with van der Waals surface area (Å²) in [4.78, 5) is 28.3. The van der Waals surface area contributed by atoms with E-state index < -0.39 is 5.82 Å². The minimum atomic E-state index is -0.493. The first-order valence-electron chi connectivity index (χ1n) is 11.1. The van der Waals surface area contributed by atoms with Gasteiger partial charge in [0.1, 0.15) is 17.3 Å². The van der Waals surface area contributed by atoms with Crippen molar-refractivity contribution in [3.05, 3.63) is 77.3 Å². The van der Waals surface area contributed by atoms with Crippen LogP contribution < -0.4 is 10.2 Å². The minimum Gasteiger partial charge on any atom is -0.457 e. The maximum atomic E-state index is 13.3. The van der Waals surface area contributed by atoms with Crippen molar-refractivity contribution in [2.24, 2.45) is 0 Å². The molecule has 1 saturated heterocycles. The van der Waals surface area contributed by atoms with Crippen LogP contribution in [0.3, 0.4) is 0 Å². The van der Waals surface area contributed by atoms with Gasteiger partial charge in [-0.15, -0.1) is 0 Å². The highest BCUT2D eigenvalue weighted by atomic mass is 35.5. The van der Waals surface area contributed by atoms with E-state index in [1.807, 2.05) is 36.1 Å². The van der Waals surface area contributed by atoms with E-state index in [-0.39, 0.29) is 16.8 Å². The summed E-state index contributed by atoms with van der Waals surface area (Å²) in [5.41, 5.74) is 2.38. The Balaban J connectivity index is 1.31. The molecule has 0 radical (unpaired) electrons. The van der Waals surface area contributed by atoms with Crippen molar-refractivity contribution in [1.82, 2.24) is 4.90 Å². The Hall–Kier alpha value is -3.58. The van der Waals surface area contributed by atoms with Gasteiger partial charge < -0.3 is 19.5 Å². The van der Waals surface area contributed by atoms with E-state index in [4.69, 9.17) is 16.0 Å². The summed E-state index contributed by atoms with van der Waals surface area (Å²) in [6.45, 7) is 4.90. The van der Waals surface area contributed by atoms with Gasteiger partial charge in [0.2, 0.25) is 11.8 Å². The number of rotatable bonds is 6. The molecule has 4 rings (SSSR count). The standard InChI is InChI=1S/C26H25ClFN3O3/c1-2-26(33)31-15-13-30(14-16-31)20-6-4-19(5-7-20)29-25(32)12-9-21-8-11-24(34-21)18-3-10-23(28)22(27)17-18/h3-12,17H,2,13-16H2,1H3,(H,29,32)/b12-9+. The van der Waals surface area contributed by atoms with E-state index >= 15 is 0 Å². The van der Waals surface area contributed by atoms with Gasteiger partial charge in [0.05, 0.1) is 5.02 Å². The SMILES string of the molecule is CCC(=O)N1CCN(c2ccc(NC(=O)/C=C/c3ccc(-c4ccc(F)c(Cl)c4)o3)cc2)CC1. The van der Waals surface area contributed by atoms with Gasteiger partial charge in [-0.2, -0.15) is 0 Å². The van der Waals surface area contributed by atoms with E-state index in [2.05, 4.69) is 10.2 Å². The topological polar surface area (TPSA) is 65.8 Å². The highest BCUT2D eigenvalue weighted by molar-refractivity contribution is 6.31. The summed E-state index contributed by atoms with van der Waals surface area (Å²) < 4.78 is 19.0. The van der Waals surface area contributed by atoms with Gasteiger partial charge in [0, 0.05) is 55.6 Å². The van der Waals surface area contributed by atoms with Crippen LogP contribution >= 0.6 is 11.6 Å². The molecule has 0 atom stereocenters. The molecule has 2 aromatic carbocycles. The Morgan fingerprint density at radius 2 is 1.79 bits per heavy atom. The Morgan fingerprint density at radius 3 is 2.47 bits per heavy atom. The first-order valence-corrected chi connectivity index (χ1v) is 11.5. The van der Waals surface area contributed by atoms with Gasteiger partial charge >= 0.3 is 0 Å². The molecule has 0 saturated carbocycles. The molecule has 3 aromatic rings. The number of furan rings is 1. The number of benzene rings is 2. The Labute approximate surface area is 202 Å². The molecule has 2 heterocycles. The molecule has 8 heteroatoms. The van der Waals surface area contributed by atoms with Crippen molar-refractivity contribution in [1.29, 1.82) is 0 Å². The quantitative estimate of drug-likeness (QED) is 0.475. The van der Waals surface area contributed by atoms with E-state index in [9.17, 15) is 14.0 Å². The van der Waals surface area contributed by atoms with Gasteiger partial charge in [-0.1, -0.05) is 18.5 Å². The van der Waals surface area contributed by atoms with Crippen molar-refractivity contribution < 1.29 is 18.4 Å². The molecule has 6 nitrogen and oxygen atoms in total. The van der Waals surface area contributed by atoms with Crippen LogP contribution in [0.4, 0.5) is 15.8 Å². The Bertz CT molecular complexity index is 1200. The van der Waals surface area contributed by atoms with Crippen molar-refractivity contribution in [3.63, 3.8) is 0 Å². The first kappa shape index (κ1) is 23.6. The maximum absolute atomic E-state index is 13.3. The van der Waals surface area contributed by atoms with Gasteiger partial charge in [-0.3, -0.25) is 9.59 Å². The van der Waals surface area contributed by atoms with Crippen LogP contribution in [0.2, 0.25) is 5.02 Å². The maximum Gasteiger partial charge on any atom is 0.248 e. The van der Waals surface area contributed by atoms with Crippen LogP contribution in [-0.2, 0) is 9.59 Å². The van der Waals surface area contributed by atoms with E-state index in [1.165, 1.54) is 18.2 Å². The summed E-state index contributed by atoms with van der Waals surface area (Å²) in [5, 5.41) is 2.84. The number of amides is 2. The fourth-order valence-corrected chi connectivity index (χ4v) is 3.96. The lowest BCUT2D eigenvalue weighted by molar-refractivity contribution is -0.131. The molecule has 2 amide bonds. The smallest absolute Gasteiger partial charge is 0.248 e. The number of nitrogens with zero attached hydrogens (tertiary/aromatic N) is 2. The highest BCUT2D eigenvalue weighted by Gasteiger charge is 2.20. The van der Waals surface area contributed by atoms with E-state index in [1.54, 1.807) is 24.3 Å². The zero-order valence-corrected chi connectivity index (χ0v) is 19.5. The second kappa shape index (κ2) is 10.6. The zero-order valence-electron chi connectivity index (χ0n) is 18.8. The van der Waals surface area contributed by atoms with E-state index in [0.717, 1.165) is 31.9 Å².